The molecule has 1 fully saturated rings. The van der Waals surface area contributed by atoms with E-state index in [4.69, 9.17) is 4.52 Å². The largest absolute Gasteiger partial charge is 0.481 e. The molecule has 2 rings (SSSR count). The maximum atomic E-state index is 11.2. The van der Waals surface area contributed by atoms with E-state index in [1.54, 1.807) is 6.20 Å². The SMILES string of the molecule is CC1(C(=O)O)CCCN(Cc2ccno2)C1. The van der Waals surface area contributed by atoms with Crippen LogP contribution in [0.15, 0.2) is 16.8 Å². The maximum absolute atomic E-state index is 11.2. The summed E-state index contributed by atoms with van der Waals surface area (Å²) in [5.74, 6) is 0.0735. The third-order valence-corrected chi connectivity index (χ3v) is 3.16. The average Bonchev–Trinajstić information content (AvgIpc) is 2.70. The van der Waals surface area contributed by atoms with Gasteiger partial charge in [0.1, 0.15) is 0 Å². The van der Waals surface area contributed by atoms with Crippen LogP contribution in [0.4, 0.5) is 0 Å². The Bertz CT molecular complexity index is 363. The number of hydrogen-bond donors (Lipinski definition) is 1. The summed E-state index contributed by atoms with van der Waals surface area (Å²) < 4.78 is 5.03. The summed E-state index contributed by atoms with van der Waals surface area (Å²) in [6.07, 6.45) is 3.27. The summed E-state index contributed by atoms with van der Waals surface area (Å²) in [6, 6.07) is 1.81. The zero-order valence-electron chi connectivity index (χ0n) is 9.35. The molecule has 5 nitrogen and oxygen atoms in total. The number of carboxylic acid groups (broad SMARTS) is 1. The monoisotopic (exact) mass is 224 g/mol. The van der Waals surface area contributed by atoms with Crippen LogP contribution in [0, 0.1) is 5.41 Å². The number of piperidine rings is 1. The van der Waals surface area contributed by atoms with E-state index < -0.39 is 11.4 Å². The smallest absolute Gasteiger partial charge is 0.310 e. The van der Waals surface area contributed by atoms with Crippen LogP contribution in [0.2, 0.25) is 0 Å². The van der Waals surface area contributed by atoms with Gasteiger partial charge >= 0.3 is 5.97 Å². The Morgan fingerprint density at radius 1 is 1.75 bits per heavy atom. The van der Waals surface area contributed by atoms with E-state index in [1.165, 1.54) is 0 Å². The zero-order valence-corrected chi connectivity index (χ0v) is 9.35. The fraction of sp³-hybridized carbons (Fsp3) is 0.636. The molecule has 2 heterocycles. The molecule has 1 aliphatic rings. The number of carbonyl (C=O) groups is 1. The van der Waals surface area contributed by atoms with Gasteiger partial charge in [-0.2, -0.15) is 0 Å². The van der Waals surface area contributed by atoms with Crippen LogP contribution in [-0.2, 0) is 11.3 Å². The molecule has 1 aromatic rings. The minimum Gasteiger partial charge on any atom is -0.481 e. The quantitative estimate of drug-likeness (QED) is 0.839. The summed E-state index contributed by atoms with van der Waals surface area (Å²) in [5.41, 5.74) is -0.627. The minimum absolute atomic E-state index is 0.572. The van der Waals surface area contributed by atoms with Crippen molar-refractivity contribution in [3.05, 3.63) is 18.0 Å². The lowest BCUT2D eigenvalue weighted by Crippen LogP contribution is -2.45. The molecule has 16 heavy (non-hydrogen) atoms. The van der Waals surface area contributed by atoms with Gasteiger partial charge in [0.2, 0.25) is 0 Å². The van der Waals surface area contributed by atoms with E-state index in [2.05, 4.69) is 10.1 Å². The topological polar surface area (TPSA) is 66.6 Å². The van der Waals surface area contributed by atoms with Crippen molar-refractivity contribution in [3.8, 4) is 0 Å². The van der Waals surface area contributed by atoms with Crippen LogP contribution in [0.3, 0.4) is 0 Å². The van der Waals surface area contributed by atoms with Gasteiger partial charge in [0.05, 0.1) is 18.2 Å². The Morgan fingerprint density at radius 2 is 2.56 bits per heavy atom. The highest BCUT2D eigenvalue weighted by atomic mass is 16.5. The number of hydrogen-bond acceptors (Lipinski definition) is 4. The first kappa shape index (κ1) is 11.1. The molecule has 1 saturated heterocycles. The first-order valence-electron chi connectivity index (χ1n) is 5.45. The van der Waals surface area contributed by atoms with Crippen LogP contribution in [0.1, 0.15) is 25.5 Å². The minimum atomic E-state index is -0.713. The maximum Gasteiger partial charge on any atom is 0.310 e. The first-order valence-corrected chi connectivity index (χ1v) is 5.45. The zero-order chi connectivity index (χ0) is 11.6. The van der Waals surface area contributed by atoms with E-state index in [0.29, 0.717) is 13.1 Å². The van der Waals surface area contributed by atoms with Crippen LogP contribution < -0.4 is 0 Å². The van der Waals surface area contributed by atoms with Crippen molar-refractivity contribution >= 4 is 5.97 Å². The Kier molecular flexibility index (Phi) is 2.96. The Labute approximate surface area is 94.0 Å². The standard InChI is InChI=1S/C11H16N2O3/c1-11(10(14)15)4-2-6-13(8-11)7-9-3-5-12-16-9/h3,5H,2,4,6-8H2,1H3,(H,14,15). The van der Waals surface area contributed by atoms with E-state index in [0.717, 1.165) is 25.1 Å². The normalized spacial score (nSPS) is 26.8. The molecule has 1 aliphatic heterocycles. The number of nitrogens with zero attached hydrogens (tertiary/aromatic N) is 2. The predicted octanol–water partition coefficient (Wildman–Crippen LogP) is 1.36. The van der Waals surface area contributed by atoms with Crippen molar-refractivity contribution in [2.75, 3.05) is 13.1 Å². The molecule has 0 bridgehead atoms. The van der Waals surface area contributed by atoms with Crippen LogP contribution >= 0.6 is 0 Å². The molecule has 1 aromatic heterocycles. The highest BCUT2D eigenvalue weighted by Crippen LogP contribution is 2.30. The van der Waals surface area contributed by atoms with Crippen molar-refractivity contribution in [1.29, 1.82) is 0 Å². The Morgan fingerprint density at radius 3 is 3.19 bits per heavy atom. The van der Waals surface area contributed by atoms with Crippen molar-refractivity contribution in [3.63, 3.8) is 0 Å². The second-order valence-electron chi connectivity index (χ2n) is 4.66. The highest BCUT2D eigenvalue weighted by Gasteiger charge is 2.37. The van der Waals surface area contributed by atoms with Gasteiger partial charge in [0.25, 0.3) is 0 Å². The van der Waals surface area contributed by atoms with E-state index in [1.807, 2.05) is 13.0 Å². The van der Waals surface area contributed by atoms with Crippen LogP contribution in [0.5, 0.6) is 0 Å². The summed E-state index contributed by atoms with van der Waals surface area (Å²) in [6.45, 7) is 3.94. The summed E-state index contributed by atoms with van der Waals surface area (Å²) in [5, 5.41) is 12.8. The summed E-state index contributed by atoms with van der Waals surface area (Å²) in [7, 11) is 0. The van der Waals surface area contributed by atoms with Gasteiger partial charge in [0.15, 0.2) is 5.76 Å². The molecule has 88 valence electrons. The highest BCUT2D eigenvalue weighted by molar-refractivity contribution is 5.74. The van der Waals surface area contributed by atoms with Crippen molar-refractivity contribution in [1.82, 2.24) is 10.1 Å². The molecule has 1 atom stereocenters. The number of aliphatic carboxylic acids is 1. The fourth-order valence-corrected chi connectivity index (χ4v) is 2.20. The lowest BCUT2D eigenvalue weighted by atomic mass is 9.82. The van der Waals surface area contributed by atoms with E-state index in [-0.39, 0.29) is 0 Å². The molecule has 0 aromatic carbocycles. The van der Waals surface area contributed by atoms with Gasteiger partial charge in [-0.25, -0.2) is 0 Å². The van der Waals surface area contributed by atoms with Crippen molar-refractivity contribution < 1.29 is 14.4 Å². The van der Waals surface area contributed by atoms with Gasteiger partial charge in [-0.1, -0.05) is 5.16 Å². The third kappa shape index (κ3) is 2.24. The third-order valence-electron chi connectivity index (χ3n) is 3.16. The molecule has 1 N–H and O–H groups in total. The van der Waals surface area contributed by atoms with Gasteiger partial charge < -0.3 is 9.63 Å². The Balaban J connectivity index is 1.99. The lowest BCUT2D eigenvalue weighted by molar-refractivity contribution is -0.151. The fourth-order valence-electron chi connectivity index (χ4n) is 2.20. The van der Waals surface area contributed by atoms with Crippen molar-refractivity contribution in [2.45, 2.75) is 26.3 Å². The van der Waals surface area contributed by atoms with Gasteiger partial charge in [-0.3, -0.25) is 9.69 Å². The first-order chi connectivity index (χ1) is 7.60. The van der Waals surface area contributed by atoms with Crippen LogP contribution in [0.25, 0.3) is 0 Å². The number of likely N-dealkylation sites (tertiary alicyclic amines) is 1. The van der Waals surface area contributed by atoms with Gasteiger partial charge in [-0.05, 0) is 26.3 Å². The second-order valence-corrected chi connectivity index (χ2v) is 4.66. The lowest BCUT2D eigenvalue weighted by Gasteiger charge is -2.36. The summed E-state index contributed by atoms with van der Waals surface area (Å²) >= 11 is 0. The van der Waals surface area contributed by atoms with Crippen LogP contribution in [-0.4, -0.2) is 34.2 Å². The van der Waals surface area contributed by atoms with E-state index in [9.17, 15) is 9.90 Å². The second kappa shape index (κ2) is 4.25. The molecular formula is C11H16N2O3. The molecule has 0 saturated carbocycles. The van der Waals surface area contributed by atoms with Gasteiger partial charge in [-0.15, -0.1) is 0 Å². The van der Waals surface area contributed by atoms with Gasteiger partial charge in [0, 0.05) is 12.6 Å². The van der Waals surface area contributed by atoms with E-state index >= 15 is 0 Å². The number of aromatic nitrogens is 1. The molecule has 0 amide bonds. The molecular weight excluding hydrogens is 208 g/mol. The van der Waals surface area contributed by atoms with Crippen molar-refractivity contribution in [2.24, 2.45) is 5.41 Å². The molecule has 0 spiro atoms. The molecule has 0 radical (unpaired) electrons. The molecule has 1 unspecified atom stereocenters. The predicted molar refractivity (Wildman–Crippen MR) is 56.8 cm³/mol. The average molecular weight is 224 g/mol. The molecule has 5 heteroatoms. The Hall–Kier alpha value is -1.36. The number of rotatable bonds is 3. The number of carboxylic acids is 1. The summed E-state index contributed by atoms with van der Waals surface area (Å²) in [4.78, 5) is 13.3. The molecule has 0 aliphatic carbocycles.